The first kappa shape index (κ1) is 17.5. The average molecular weight is 326 g/mol. The molecule has 118 valence electrons. The van der Waals surface area contributed by atoms with Gasteiger partial charge in [0.25, 0.3) is 11.5 Å². The Labute approximate surface area is 124 Å². The summed E-state index contributed by atoms with van der Waals surface area (Å²) < 4.78 is 37.2. The lowest BCUT2D eigenvalue weighted by Gasteiger charge is -2.15. The van der Waals surface area contributed by atoms with Gasteiger partial charge in [-0.15, -0.1) is 12.4 Å². The number of H-pyrrole nitrogens is 1. The van der Waals surface area contributed by atoms with Gasteiger partial charge in [0.15, 0.2) is 0 Å². The van der Waals surface area contributed by atoms with Crippen molar-refractivity contribution in [1.82, 2.24) is 10.3 Å². The fourth-order valence-corrected chi connectivity index (χ4v) is 1.93. The molecule has 1 amide bonds. The Morgan fingerprint density at radius 3 is 2.48 bits per heavy atom. The third-order valence-electron chi connectivity index (χ3n) is 3.22. The van der Waals surface area contributed by atoms with E-state index >= 15 is 0 Å². The number of rotatable bonds is 4. The van der Waals surface area contributed by atoms with Crippen LogP contribution in [0.25, 0.3) is 0 Å². The number of halogens is 4. The van der Waals surface area contributed by atoms with E-state index in [0.717, 1.165) is 18.9 Å². The maximum atomic E-state index is 12.4. The van der Waals surface area contributed by atoms with Crippen molar-refractivity contribution in [3.05, 3.63) is 33.7 Å². The number of hydrogen-bond acceptors (Lipinski definition) is 3. The molecule has 0 aromatic carbocycles. The fraction of sp³-hybridized carbons (Fsp3) is 0.500. The van der Waals surface area contributed by atoms with E-state index in [1.165, 1.54) is 0 Å². The monoisotopic (exact) mass is 325 g/mol. The molecule has 1 aromatic rings. The summed E-state index contributed by atoms with van der Waals surface area (Å²) >= 11 is 0. The van der Waals surface area contributed by atoms with Crippen LogP contribution in [-0.2, 0) is 6.18 Å². The standard InChI is InChI=1S/C12H14F3N3O2.ClH/c13-12(14,15)9-4-3-7(11(20)18-9)10(19)17-8(5-16)6-1-2-6;/h3-4,6,8H,1-2,5,16H2,(H,17,19)(H,18,20);1H. The van der Waals surface area contributed by atoms with Crippen molar-refractivity contribution in [3.8, 4) is 0 Å². The molecule has 4 N–H and O–H groups in total. The Balaban J connectivity index is 0.00000220. The summed E-state index contributed by atoms with van der Waals surface area (Å²) in [5, 5.41) is 2.58. The molecule has 1 aromatic heterocycles. The number of amides is 1. The molecule has 1 heterocycles. The summed E-state index contributed by atoms with van der Waals surface area (Å²) in [5.41, 5.74) is 2.91. The molecule has 21 heavy (non-hydrogen) atoms. The number of pyridine rings is 1. The summed E-state index contributed by atoms with van der Waals surface area (Å²) in [4.78, 5) is 25.1. The van der Waals surface area contributed by atoms with Gasteiger partial charge in [-0.25, -0.2) is 0 Å². The topological polar surface area (TPSA) is 88.0 Å². The highest BCUT2D eigenvalue weighted by Gasteiger charge is 2.34. The van der Waals surface area contributed by atoms with Crippen LogP contribution in [0.2, 0.25) is 0 Å². The van der Waals surface area contributed by atoms with Crippen molar-refractivity contribution in [2.75, 3.05) is 6.54 Å². The van der Waals surface area contributed by atoms with Gasteiger partial charge in [-0.2, -0.15) is 13.2 Å². The Bertz CT molecular complexity index is 570. The van der Waals surface area contributed by atoms with E-state index in [1.807, 2.05) is 0 Å². The number of carbonyl (C=O) groups excluding carboxylic acids is 1. The molecule has 0 bridgehead atoms. The zero-order valence-corrected chi connectivity index (χ0v) is 11.7. The van der Waals surface area contributed by atoms with Crippen LogP contribution in [0, 0.1) is 5.92 Å². The molecule has 9 heteroatoms. The van der Waals surface area contributed by atoms with Crippen LogP contribution in [0.1, 0.15) is 28.9 Å². The molecule has 1 aliphatic carbocycles. The number of aromatic nitrogens is 1. The quantitative estimate of drug-likeness (QED) is 0.779. The van der Waals surface area contributed by atoms with Crippen LogP contribution in [0.15, 0.2) is 16.9 Å². The molecule has 1 saturated carbocycles. The van der Waals surface area contributed by atoms with Gasteiger partial charge in [0.05, 0.1) is 0 Å². The third kappa shape index (κ3) is 4.21. The minimum Gasteiger partial charge on any atom is -0.348 e. The minimum absolute atomic E-state index is 0. The summed E-state index contributed by atoms with van der Waals surface area (Å²) in [6, 6.07) is 1.30. The maximum Gasteiger partial charge on any atom is 0.431 e. The summed E-state index contributed by atoms with van der Waals surface area (Å²) in [6.45, 7) is 0.231. The first-order chi connectivity index (χ1) is 9.32. The van der Waals surface area contributed by atoms with Crippen molar-refractivity contribution in [2.24, 2.45) is 11.7 Å². The molecular weight excluding hydrogens is 311 g/mol. The summed E-state index contributed by atoms with van der Waals surface area (Å²) in [6.07, 6.45) is -2.75. The van der Waals surface area contributed by atoms with E-state index < -0.39 is 23.3 Å². The molecule has 0 spiro atoms. The van der Waals surface area contributed by atoms with E-state index in [2.05, 4.69) is 5.32 Å². The second-order valence-electron chi connectivity index (χ2n) is 4.77. The number of nitrogens with two attached hydrogens (primary N) is 1. The molecule has 1 unspecified atom stereocenters. The normalized spacial score (nSPS) is 16.0. The van der Waals surface area contributed by atoms with Crippen LogP contribution in [-0.4, -0.2) is 23.5 Å². The van der Waals surface area contributed by atoms with Gasteiger partial charge in [-0.3, -0.25) is 9.59 Å². The smallest absolute Gasteiger partial charge is 0.348 e. The predicted octanol–water partition coefficient (Wildman–Crippen LogP) is 1.28. The van der Waals surface area contributed by atoms with Crippen molar-refractivity contribution in [1.29, 1.82) is 0 Å². The Morgan fingerprint density at radius 1 is 1.43 bits per heavy atom. The van der Waals surface area contributed by atoms with Crippen LogP contribution in [0.3, 0.4) is 0 Å². The van der Waals surface area contributed by atoms with E-state index in [4.69, 9.17) is 5.73 Å². The average Bonchev–Trinajstić information content (AvgIpc) is 3.18. The summed E-state index contributed by atoms with van der Waals surface area (Å²) in [7, 11) is 0. The lowest BCUT2D eigenvalue weighted by atomic mass is 10.1. The number of alkyl halides is 3. The number of hydrogen-bond donors (Lipinski definition) is 3. The maximum absolute atomic E-state index is 12.4. The highest BCUT2D eigenvalue weighted by molar-refractivity contribution is 5.94. The molecule has 0 radical (unpaired) electrons. The lowest BCUT2D eigenvalue weighted by molar-refractivity contribution is -0.141. The fourth-order valence-electron chi connectivity index (χ4n) is 1.93. The van der Waals surface area contributed by atoms with E-state index in [0.29, 0.717) is 6.07 Å². The first-order valence-corrected chi connectivity index (χ1v) is 6.14. The van der Waals surface area contributed by atoms with Crippen LogP contribution < -0.4 is 16.6 Å². The van der Waals surface area contributed by atoms with Crippen molar-refractivity contribution < 1.29 is 18.0 Å². The lowest BCUT2D eigenvalue weighted by Crippen LogP contribution is -2.43. The van der Waals surface area contributed by atoms with Gasteiger partial charge in [0.1, 0.15) is 11.3 Å². The van der Waals surface area contributed by atoms with Crippen molar-refractivity contribution in [2.45, 2.75) is 25.1 Å². The molecule has 1 aliphatic rings. The molecule has 5 nitrogen and oxygen atoms in total. The highest BCUT2D eigenvalue weighted by Crippen LogP contribution is 2.32. The Kier molecular flexibility index (Phi) is 5.41. The zero-order valence-electron chi connectivity index (χ0n) is 10.9. The van der Waals surface area contributed by atoms with Crippen LogP contribution in [0.5, 0.6) is 0 Å². The molecular formula is C12H15ClF3N3O2. The second-order valence-corrected chi connectivity index (χ2v) is 4.77. The first-order valence-electron chi connectivity index (χ1n) is 6.14. The van der Waals surface area contributed by atoms with Gasteiger partial charge in [-0.1, -0.05) is 0 Å². The van der Waals surface area contributed by atoms with Gasteiger partial charge in [0, 0.05) is 12.6 Å². The van der Waals surface area contributed by atoms with Gasteiger partial charge >= 0.3 is 6.18 Å². The van der Waals surface area contributed by atoms with E-state index in [-0.39, 0.29) is 36.5 Å². The van der Waals surface area contributed by atoms with Gasteiger partial charge in [0.2, 0.25) is 0 Å². The van der Waals surface area contributed by atoms with Crippen molar-refractivity contribution >= 4 is 18.3 Å². The molecule has 1 atom stereocenters. The molecule has 0 aliphatic heterocycles. The Morgan fingerprint density at radius 2 is 2.05 bits per heavy atom. The zero-order chi connectivity index (χ0) is 14.9. The van der Waals surface area contributed by atoms with E-state index in [1.54, 1.807) is 4.98 Å². The van der Waals surface area contributed by atoms with Gasteiger partial charge in [-0.05, 0) is 30.9 Å². The summed E-state index contributed by atoms with van der Waals surface area (Å²) in [5.74, 6) is -0.417. The Hall–Kier alpha value is -1.54. The predicted molar refractivity (Wildman–Crippen MR) is 72.3 cm³/mol. The largest absolute Gasteiger partial charge is 0.431 e. The second kappa shape index (κ2) is 6.48. The third-order valence-corrected chi connectivity index (χ3v) is 3.22. The number of aromatic amines is 1. The van der Waals surface area contributed by atoms with Crippen molar-refractivity contribution in [3.63, 3.8) is 0 Å². The number of nitrogens with one attached hydrogen (secondary N) is 2. The SMILES string of the molecule is Cl.NCC(NC(=O)c1ccc(C(F)(F)F)[nH]c1=O)C1CC1. The minimum atomic E-state index is -4.65. The molecule has 0 saturated heterocycles. The highest BCUT2D eigenvalue weighted by atomic mass is 35.5. The van der Waals surface area contributed by atoms with Gasteiger partial charge < -0.3 is 16.0 Å². The van der Waals surface area contributed by atoms with Crippen LogP contribution >= 0.6 is 12.4 Å². The van der Waals surface area contributed by atoms with Crippen LogP contribution in [0.4, 0.5) is 13.2 Å². The number of carbonyl (C=O) groups is 1. The molecule has 1 fully saturated rings. The van der Waals surface area contributed by atoms with E-state index in [9.17, 15) is 22.8 Å². The molecule has 2 rings (SSSR count).